The molecule has 0 aliphatic carbocycles. The van der Waals surface area contributed by atoms with Crippen LogP contribution in [-0.2, 0) is 22.2 Å². The smallest absolute Gasteiger partial charge is 0.157 e. The van der Waals surface area contributed by atoms with E-state index in [1.54, 1.807) is 0 Å². The van der Waals surface area contributed by atoms with Crippen LogP contribution in [0.15, 0.2) is 17.9 Å². The monoisotopic (exact) mass is 196 g/mol. The van der Waals surface area contributed by atoms with E-state index >= 15 is 0 Å². The van der Waals surface area contributed by atoms with Gasteiger partial charge in [-0.15, -0.1) is 5.73 Å². The molecule has 0 amide bonds. The van der Waals surface area contributed by atoms with E-state index in [1.165, 1.54) is 12.2 Å². The number of hydrogen-bond donors (Lipinski definition) is 2. The zero-order valence-electron chi connectivity index (χ0n) is 5.60. The maximum Gasteiger partial charge on any atom is 0.157 e. The summed E-state index contributed by atoms with van der Waals surface area (Å²) in [6.07, 6.45) is 2.67. The van der Waals surface area contributed by atoms with Gasteiger partial charge in [-0.3, -0.25) is 0 Å². The summed E-state index contributed by atoms with van der Waals surface area (Å²) in [4.78, 5) is 0. The minimum Gasteiger partial charge on any atom is -0.306 e. The molecule has 0 heterocycles. The van der Waals surface area contributed by atoms with E-state index in [1.807, 2.05) is 0 Å². The third-order valence-corrected chi connectivity index (χ3v) is 1.59. The lowest BCUT2D eigenvalue weighted by molar-refractivity contribution is 0.566. The molecule has 0 saturated carbocycles. The van der Waals surface area contributed by atoms with Crippen molar-refractivity contribution in [2.75, 3.05) is 11.5 Å². The van der Waals surface area contributed by atoms with E-state index in [0.29, 0.717) is 0 Å². The van der Waals surface area contributed by atoms with Crippen molar-refractivity contribution in [3.05, 3.63) is 17.9 Å². The third kappa shape index (κ3) is 9.74. The minimum atomic E-state index is -1.86. The molecular weight excluding hydrogens is 188 g/mol. The quantitative estimate of drug-likeness (QED) is 0.495. The fraction of sp³-hybridized carbons (Fsp3) is 0.400. The Kier molecular flexibility index (Phi) is 6.30. The van der Waals surface area contributed by atoms with Gasteiger partial charge < -0.3 is 9.11 Å². The van der Waals surface area contributed by atoms with E-state index in [-0.39, 0.29) is 11.5 Å². The lowest BCUT2D eigenvalue weighted by atomic mass is 10.6. The Bertz CT molecular complexity index is 197. The van der Waals surface area contributed by atoms with Crippen LogP contribution in [0.1, 0.15) is 0 Å². The van der Waals surface area contributed by atoms with Crippen LogP contribution in [0.4, 0.5) is 0 Å². The van der Waals surface area contributed by atoms with Crippen molar-refractivity contribution in [3.63, 3.8) is 0 Å². The molecule has 0 aliphatic rings. The van der Waals surface area contributed by atoms with E-state index in [0.717, 1.165) is 0 Å². The van der Waals surface area contributed by atoms with Gasteiger partial charge in [-0.05, 0) is 12.2 Å². The lowest BCUT2D eigenvalue weighted by Gasteiger charge is -1.80. The molecule has 0 spiro atoms. The Morgan fingerprint density at radius 2 is 1.45 bits per heavy atom. The van der Waals surface area contributed by atoms with E-state index in [9.17, 15) is 8.42 Å². The Morgan fingerprint density at radius 3 is 1.73 bits per heavy atom. The predicted molar refractivity (Wildman–Crippen MR) is 43.9 cm³/mol. The van der Waals surface area contributed by atoms with E-state index in [2.05, 4.69) is 5.73 Å². The molecule has 0 aromatic carbocycles. The standard InChI is InChI=1S/C5H8O4S2/c6-10(7)4-2-1-3-5-11(8)9/h2-3H,4-5H2,(H,6,7)(H,8,9). The first-order valence-electron chi connectivity index (χ1n) is 2.67. The summed E-state index contributed by atoms with van der Waals surface area (Å²) in [6.45, 7) is 0. The van der Waals surface area contributed by atoms with E-state index in [4.69, 9.17) is 9.11 Å². The Balaban J connectivity index is 3.64. The topological polar surface area (TPSA) is 74.6 Å². The number of rotatable bonds is 4. The summed E-state index contributed by atoms with van der Waals surface area (Å²) >= 11 is -3.71. The second-order valence-electron chi connectivity index (χ2n) is 1.55. The van der Waals surface area contributed by atoms with Crippen LogP contribution < -0.4 is 0 Å². The normalized spacial score (nSPS) is 14.7. The highest BCUT2D eigenvalue weighted by Crippen LogP contribution is 1.77. The van der Waals surface area contributed by atoms with Gasteiger partial charge in [0.05, 0.1) is 11.5 Å². The molecule has 64 valence electrons. The second-order valence-corrected chi connectivity index (χ2v) is 3.50. The Hall–Kier alpha value is -0.260. The van der Waals surface area contributed by atoms with Gasteiger partial charge in [0, 0.05) is 0 Å². The Labute approximate surface area is 69.6 Å². The first-order chi connectivity index (χ1) is 5.13. The maximum absolute atomic E-state index is 10.0. The molecule has 2 unspecified atom stereocenters. The van der Waals surface area contributed by atoms with Crippen molar-refractivity contribution >= 4 is 22.2 Å². The van der Waals surface area contributed by atoms with Crippen LogP contribution in [0.5, 0.6) is 0 Å². The highest BCUT2D eigenvalue weighted by molar-refractivity contribution is 7.79. The zero-order chi connectivity index (χ0) is 8.69. The average Bonchev–Trinajstić information content (AvgIpc) is 1.85. The van der Waals surface area contributed by atoms with Gasteiger partial charge in [0.25, 0.3) is 0 Å². The summed E-state index contributed by atoms with van der Waals surface area (Å²) in [5.74, 6) is -0.0108. The zero-order valence-corrected chi connectivity index (χ0v) is 7.23. The van der Waals surface area contributed by atoms with Gasteiger partial charge >= 0.3 is 0 Å². The van der Waals surface area contributed by atoms with Gasteiger partial charge in [0.1, 0.15) is 0 Å². The van der Waals surface area contributed by atoms with Crippen LogP contribution in [0.25, 0.3) is 0 Å². The van der Waals surface area contributed by atoms with Crippen LogP contribution >= 0.6 is 0 Å². The van der Waals surface area contributed by atoms with Crippen molar-refractivity contribution in [3.8, 4) is 0 Å². The molecule has 2 N–H and O–H groups in total. The lowest BCUT2D eigenvalue weighted by Crippen LogP contribution is -1.89. The Morgan fingerprint density at radius 1 is 1.09 bits per heavy atom. The van der Waals surface area contributed by atoms with Gasteiger partial charge in [-0.25, -0.2) is 8.42 Å². The van der Waals surface area contributed by atoms with Crippen molar-refractivity contribution in [2.24, 2.45) is 0 Å². The highest BCUT2D eigenvalue weighted by Gasteiger charge is 1.85. The summed E-state index contributed by atoms with van der Waals surface area (Å²) < 4.78 is 36.5. The van der Waals surface area contributed by atoms with Crippen molar-refractivity contribution in [1.82, 2.24) is 0 Å². The molecule has 0 bridgehead atoms. The predicted octanol–water partition coefficient (Wildman–Crippen LogP) is 0.141. The molecule has 0 saturated heterocycles. The fourth-order valence-electron chi connectivity index (χ4n) is 0.322. The molecule has 0 aliphatic heterocycles. The van der Waals surface area contributed by atoms with E-state index < -0.39 is 22.2 Å². The molecule has 0 fully saturated rings. The summed E-state index contributed by atoms with van der Waals surface area (Å²) in [5, 5.41) is 0. The van der Waals surface area contributed by atoms with Crippen molar-refractivity contribution in [1.29, 1.82) is 0 Å². The summed E-state index contributed by atoms with van der Waals surface area (Å²) in [5.41, 5.74) is 2.49. The van der Waals surface area contributed by atoms with Crippen LogP contribution in [0, 0.1) is 0 Å². The molecule has 2 atom stereocenters. The van der Waals surface area contributed by atoms with Crippen LogP contribution in [0.3, 0.4) is 0 Å². The average molecular weight is 196 g/mol. The SMILES string of the molecule is O=S(O)CC=C=CCS(=O)O. The minimum absolute atomic E-state index is 0.00539. The molecule has 11 heavy (non-hydrogen) atoms. The maximum atomic E-state index is 10.0. The molecule has 4 nitrogen and oxygen atoms in total. The van der Waals surface area contributed by atoms with Gasteiger partial charge in [-0.2, -0.15) is 0 Å². The molecule has 0 aromatic heterocycles. The highest BCUT2D eigenvalue weighted by atomic mass is 32.2. The first-order valence-corrected chi connectivity index (χ1v) is 5.22. The van der Waals surface area contributed by atoms with Gasteiger partial charge in [0.2, 0.25) is 0 Å². The molecular formula is C5H8O4S2. The molecule has 0 aromatic rings. The summed E-state index contributed by atoms with van der Waals surface area (Å²) in [6, 6.07) is 0. The summed E-state index contributed by atoms with van der Waals surface area (Å²) in [7, 11) is 0. The largest absolute Gasteiger partial charge is 0.306 e. The third-order valence-electron chi connectivity index (χ3n) is 0.688. The van der Waals surface area contributed by atoms with Gasteiger partial charge in [-0.1, -0.05) is 0 Å². The molecule has 0 radical (unpaired) electrons. The first kappa shape index (κ1) is 10.7. The van der Waals surface area contributed by atoms with Crippen molar-refractivity contribution < 1.29 is 17.5 Å². The second kappa shape index (κ2) is 6.45. The van der Waals surface area contributed by atoms with Crippen molar-refractivity contribution in [2.45, 2.75) is 0 Å². The number of hydrogen-bond acceptors (Lipinski definition) is 2. The van der Waals surface area contributed by atoms with Crippen LogP contribution in [0.2, 0.25) is 0 Å². The van der Waals surface area contributed by atoms with Gasteiger partial charge in [0.15, 0.2) is 22.2 Å². The molecule has 6 heteroatoms. The van der Waals surface area contributed by atoms with Crippen LogP contribution in [-0.4, -0.2) is 29.0 Å². The molecule has 0 rings (SSSR count). The fourth-order valence-corrected chi connectivity index (χ4v) is 0.800.